The summed E-state index contributed by atoms with van der Waals surface area (Å²) in [6, 6.07) is 5.94. The van der Waals surface area contributed by atoms with Crippen LogP contribution in [0.15, 0.2) is 18.2 Å². The van der Waals surface area contributed by atoms with E-state index in [1.54, 1.807) is 0 Å². The number of hydrogen-bond donors (Lipinski definition) is 1. The van der Waals surface area contributed by atoms with Crippen LogP contribution in [0.3, 0.4) is 0 Å². The molecule has 3 rings (SSSR count). The van der Waals surface area contributed by atoms with Gasteiger partial charge in [-0.3, -0.25) is 4.90 Å². The van der Waals surface area contributed by atoms with Gasteiger partial charge in [0.05, 0.1) is 12.7 Å². The molecule has 2 aliphatic heterocycles. The molecule has 2 heterocycles. The van der Waals surface area contributed by atoms with Crippen molar-refractivity contribution < 1.29 is 14.2 Å². The monoisotopic (exact) mass is 278 g/mol. The summed E-state index contributed by atoms with van der Waals surface area (Å²) < 4.78 is 16.4. The molecule has 0 spiro atoms. The summed E-state index contributed by atoms with van der Waals surface area (Å²) in [5.74, 6) is 1.60. The van der Waals surface area contributed by atoms with Crippen molar-refractivity contribution >= 4 is 0 Å². The summed E-state index contributed by atoms with van der Waals surface area (Å²) in [6.45, 7) is 6.02. The van der Waals surface area contributed by atoms with Crippen molar-refractivity contribution in [2.24, 2.45) is 5.73 Å². The summed E-state index contributed by atoms with van der Waals surface area (Å²) in [5.41, 5.74) is 7.42. The first kappa shape index (κ1) is 13.7. The lowest BCUT2D eigenvalue weighted by Crippen LogP contribution is -2.44. The van der Waals surface area contributed by atoms with E-state index >= 15 is 0 Å². The second-order valence-corrected chi connectivity index (χ2v) is 5.38. The normalized spacial score (nSPS) is 23.8. The van der Waals surface area contributed by atoms with E-state index in [0.717, 1.165) is 49.7 Å². The van der Waals surface area contributed by atoms with Crippen LogP contribution in [0.2, 0.25) is 0 Å². The van der Waals surface area contributed by atoms with Crippen molar-refractivity contribution in [1.29, 1.82) is 0 Å². The minimum absolute atomic E-state index is 0.0138. The SMILES string of the molecule is CCC1CN(CC(N)c2ccc3c(c2)OCO3)CCO1. The van der Waals surface area contributed by atoms with Crippen LogP contribution in [0.1, 0.15) is 24.9 Å². The molecule has 0 aliphatic carbocycles. The molecule has 1 aromatic carbocycles. The van der Waals surface area contributed by atoms with E-state index in [0.29, 0.717) is 12.9 Å². The van der Waals surface area contributed by atoms with Gasteiger partial charge in [0.2, 0.25) is 6.79 Å². The first-order valence-corrected chi connectivity index (χ1v) is 7.25. The topological polar surface area (TPSA) is 57.0 Å². The highest BCUT2D eigenvalue weighted by Crippen LogP contribution is 2.34. The lowest BCUT2D eigenvalue weighted by Gasteiger charge is -2.34. The first-order chi connectivity index (χ1) is 9.76. The van der Waals surface area contributed by atoms with Gasteiger partial charge in [0.1, 0.15) is 0 Å². The van der Waals surface area contributed by atoms with Crippen LogP contribution in [-0.2, 0) is 4.74 Å². The molecule has 0 radical (unpaired) electrons. The van der Waals surface area contributed by atoms with Gasteiger partial charge in [-0.15, -0.1) is 0 Å². The molecule has 2 aliphatic rings. The predicted molar refractivity (Wildman–Crippen MR) is 76.0 cm³/mol. The van der Waals surface area contributed by atoms with Crippen LogP contribution in [0.5, 0.6) is 11.5 Å². The van der Waals surface area contributed by atoms with E-state index in [9.17, 15) is 0 Å². The van der Waals surface area contributed by atoms with Gasteiger partial charge < -0.3 is 19.9 Å². The fourth-order valence-electron chi connectivity index (χ4n) is 2.72. The Morgan fingerprint density at radius 1 is 1.35 bits per heavy atom. The largest absolute Gasteiger partial charge is 0.454 e. The molecule has 5 heteroatoms. The molecule has 1 saturated heterocycles. The predicted octanol–water partition coefficient (Wildman–Crippen LogP) is 1.53. The molecule has 110 valence electrons. The molecule has 1 aromatic rings. The Kier molecular flexibility index (Phi) is 4.10. The Morgan fingerprint density at radius 2 is 2.20 bits per heavy atom. The third-order valence-electron chi connectivity index (χ3n) is 3.96. The van der Waals surface area contributed by atoms with Crippen LogP contribution >= 0.6 is 0 Å². The van der Waals surface area contributed by atoms with E-state index < -0.39 is 0 Å². The zero-order chi connectivity index (χ0) is 13.9. The summed E-state index contributed by atoms with van der Waals surface area (Å²) in [6.07, 6.45) is 1.39. The first-order valence-electron chi connectivity index (χ1n) is 7.25. The van der Waals surface area contributed by atoms with Gasteiger partial charge in [-0.25, -0.2) is 0 Å². The van der Waals surface area contributed by atoms with Crippen molar-refractivity contribution in [2.75, 3.05) is 33.0 Å². The molecular weight excluding hydrogens is 256 g/mol. The highest BCUT2D eigenvalue weighted by Gasteiger charge is 2.22. The smallest absolute Gasteiger partial charge is 0.231 e. The summed E-state index contributed by atoms with van der Waals surface area (Å²) in [7, 11) is 0. The summed E-state index contributed by atoms with van der Waals surface area (Å²) in [5, 5.41) is 0. The molecule has 0 bridgehead atoms. The Balaban J connectivity index is 1.62. The fourth-order valence-corrected chi connectivity index (χ4v) is 2.72. The van der Waals surface area contributed by atoms with Gasteiger partial charge in [-0.2, -0.15) is 0 Å². The van der Waals surface area contributed by atoms with E-state index in [1.165, 1.54) is 0 Å². The minimum atomic E-state index is -0.0138. The van der Waals surface area contributed by atoms with Gasteiger partial charge in [0.25, 0.3) is 0 Å². The Bertz CT molecular complexity index is 466. The summed E-state index contributed by atoms with van der Waals surface area (Å²) in [4.78, 5) is 2.38. The van der Waals surface area contributed by atoms with Gasteiger partial charge >= 0.3 is 0 Å². The lowest BCUT2D eigenvalue weighted by atomic mass is 10.1. The average Bonchev–Trinajstić information content (AvgIpc) is 2.94. The molecule has 0 aromatic heterocycles. The highest BCUT2D eigenvalue weighted by molar-refractivity contribution is 5.45. The number of morpholine rings is 1. The quantitative estimate of drug-likeness (QED) is 0.905. The second kappa shape index (κ2) is 5.99. The van der Waals surface area contributed by atoms with Crippen molar-refractivity contribution in [3.05, 3.63) is 23.8 Å². The fraction of sp³-hybridized carbons (Fsp3) is 0.600. The average molecular weight is 278 g/mol. The number of nitrogens with zero attached hydrogens (tertiary/aromatic N) is 1. The zero-order valence-electron chi connectivity index (χ0n) is 11.9. The van der Waals surface area contributed by atoms with E-state index in [-0.39, 0.29) is 6.04 Å². The van der Waals surface area contributed by atoms with E-state index in [2.05, 4.69) is 11.8 Å². The van der Waals surface area contributed by atoms with Crippen LogP contribution < -0.4 is 15.2 Å². The standard InChI is InChI=1S/C15H22N2O3/c1-2-12-8-17(5-6-18-12)9-13(16)11-3-4-14-15(7-11)20-10-19-14/h3-4,7,12-13H,2,5-6,8-10,16H2,1H3. The van der Waals surface area contributed by atoms with Crippen molar-refractivity contribution in [1.82, 2.24) is 4.90 Å². The molecule has 2 atom stereocenters. The van der Waals surface area contributed by atoms with Gasteiger partial charge in [-0.05, 0) is 24.1 Å². The molecule has 0 saturated carbocycles. The van der Waals surface area contributed by atoms with Crippen LogP contribution in [-0.4, -0.2) is 44.0 Å². The lowest BCUT2D eigenvalue weighted by molar-refractivity contribution is -0.0312. The Hall–Kier alpha value is -1.30. The Labute approximate surface area is 119 Å². The van der Waals surface area contributed by atoms with Gasteiger partial charge in [0.15, 0.2) is 11.5 Å². The molecule has 2 unspecified atom stereocenters. The molecule has 20 heavy (non-hydrogen) atoms. The van der Waals surface area contributed by atoms with Crippen molar-refractivity contribution in [3.63, 3.8) is 0 Å². The third kappa shape index (κ3) is 2.90. The zero-order valence-corrected chi connectivity index (χ0v) is 11.9. The molecule has 1 fully saturated rings. The van der Waals surface area contributed by atoms with Gasteiger partial charge in [0, 0.05) is 25.7 Å². The molecule has 2 N–H and O–H groups in total. The number of hydrogen-bond acceptors (Lipinski definition) is 5. The maximum atomic E-state index is 6.33. The number of ether oxygens (including phenoxy) is 3. The van der Waals surface area contributed by atoms with Crippen LogP contribution in [0.25, 0.3) is 0 Å². The van der Waals surface area contributed by atoms with E-state index in [1.807, 2.05) is 18.2 Å². The minimum Gasteiger partial charge on any atom is -0.454 e. The number of benzene rings is 1. The highest BCUT2D eigenvalue weighted by atomic mass is 16.7. The molecule has 5 nitrogen and oxygen atoms in total. The van der Waals surface area contributed by atoms with Crippen LogP contribution in [0.4, 0.5) is 0 Å². The van der Waals surface area contributed by atoms with Crippen LogP contribution in [0, 0.1) is 0 Å². The van der Waals surface area contributed by atoms with E-state index in [4.69, 9.17) is 19.9 Å². The van der Waals surface area contributed by atoms with Crippen molar-refractivity contribution in [3.8, 4) is 11.5 Å². The molecule has 0 amide bonds. The Morgan fingerprint density at radius 3 is 3.05 bits per heavy atom. The maximum absolute atomic E-state index is 6.33. The third-order valence-corrected chi connectivity index (χ3v) is 3.96. The van der Waals surface area contributed by atoms with Crippen molar-refractivity contribution in [2.45, 2.75) is 25.5 Å². The molecular formula is C15H22N2O3. The number of nitrogens with two attached hydrogens (primary N) is 1. The summed E-state index contributed by atoms with van der Waals surface area (Å²) >= 11 is 0. The maximum Gasteiger partial charge on any atom is 0.231 e. The second-order valence-electron chi connectivity index (χ2n) is 5.38. The number of rotatable bonds is 4. The number of fused-ring (bicyclic) bond motifs is 1. The van der Waals surface area contributed by atoms with Gasteiger partial charge in [-0.1, -0.05) is 13.0 Å².